The molecule has 0 rings (SSSR count). The first-order valence-corrected chi connectivity index (χ1v) is 17.5. The molecular weight excluding hydrogens is 586 g/mol. The Hall–Kier alpha value is -1.98. The van der Waals surface area contributed by atoms with E-state index in [9.17, 15) is 24.0 Å². The van der Waals surface area contributed by atoms with Crippen molar-refractivity contribution in [3.8, 4) is 0 Å². The van der Waals surface area contributed by atoms with E-state index in [1.54, 1.807) is 27.7 Å². The Morgan fingerprint density at radius 3 is 1.86 bits per heavy atom. The Balaban J connectivity index is 4.09. The molecule has 0 aliphatic heterocycles. The van der Waals surface area contributed by atoms with Gasteiger partial charge in [0.2, 0.25) is 5.91 Å². The van der Waals surface area contributed by atoms with Crippen LogP contribution in [0.2, 0.25) is 0 Å². The molecule has 44 heavy (non-hydrogen) atoms. The van der Waals surface area contributed by atoms with Gasteiger partial charge in [-0.05, 0) is 77.7 Å². The summed E-state index contributed by atoms with van der Waals surface area (Å²) in [5, 5.41) is 11.3. The van der Waals surface area contributed by atoms with Crippen LogP contribution in [0.15, 0.2) is 0 Å². The first kappa shape index (κ1) is 42.0. The average Bonchev–Trinajstić information content (AvgIpc) is 2.93. The highest BCUT2D eigenvalue weighted by Gasteiger charge is 2.27. The summed E-state index contributed by atoms with van der Waals surface area (Å²) in [5.41, 5.74) is -0.704. The van der Waals surface area contributed by atoms with Crippen LogP contribution in [0.5, 0.6) is 0 Å². The molecule has 0 aliphatic rings. The number of hydrogen-bond donors (Lipinski definition) is 2. The van der Waals surface area contributed by atoms with Crippen molar-refractivity contribution >= 4 is 41.2 Å². The molecule has 11 heteroatoms. The summed E-state index contributed by atoms with van der Waals surface area (Å²) < 4.78 is 15.7. The highest BCUT2D eigenvalue weighted by atomic mass is 32.2. The Kier molecular flexibility index (Phi) is 26.1. The van der Waals surface area contributed by atoms with E-state index in [0.29, 0.717) is 25.9 Å². The Morgan fingerprint density at radius 2 is 1.27 bits per heavy atom. The van der Waals surface area contributed by atoms with Gasteiger partial charge in [-0.15, -0.1) is 0 Å². The van der Waals surface area contributed by atoms with Gasteiger partial charge in [-0.3, -0.25) is 9.59 Å². The molecule has 1 atom stereocenters. The molecule has 2 N–H and O–H groups in total. The molecule has 0 radical (unpaired) electrons. The number of Topliss-reactive ketones (excluding diaryl/α,β-unsaturated/α-hetero) is 2. The number of unbranched alkanes of at least 4 members (excludes halogenated alkanes) is 8. The summed E-state index contributed by atoms with van der Waals surface area (Å²) in [4.78, 5) is 59.0. The number of ether oxygens (including phenoxy) is 3. The number of carbonyl (C=O) groups excluding carboxylic acids is 4. The van der Waals surface area contributed by atoms with Crippen LogP contribution in [0.4, 0.5) is 0 Å². The number of nitrogens with one attached hydrogen (secondary N) is 1. The van der Waals surface area contributed by atoms with Crippen molar-refractivity contribution in [1.82, 2.24) is 5.32 Å². The number of hydrogen-bond acceptors (Lipinski definition) is 9. The molecule has 0 saturated heterocycles. The van der Waals surface area contributed by atoms with E-state index < -0.39 is 23.6 Å². The largest absolute Gasteiger partial charge is 0.480 e. The van der Waals surface area contributed by atoms with E-state index in [1.807, 2.05) is 11.8 Å². The van der Waals surface area contributed by atoms with Gasteiger partial charge in [0.1, 0.15) is 29.8 Å². The highest BCUT2D eigenvalue weighted by molar-refractivity contribution is 7.99. The van der Waals surface area contributed by atoms with Gasteiger partial charge in [0.25, 0.3) is 0 Å². The van der Waals surface area contributed by atoms with Gasteiger partial charge in [0, 0.05) is 32.3 Å². The van der Waals surface area contributed by atoms with Crippen molar-refractivity contribution in [2.75, 3.05) is 37.9 Å². The lowest BCUT2D eigenvalue weighted by Crippen LogP contribution is -2.44. The number of carboxylic acid groups (broad SMARTS) is 1. The number of carbonyl (C=O) groups is 5. The van der Waals surface area contributed by atoms with Crippen LogP contribution in [0, 0.1) is 0 Å². The smallest absolute Gasteiger partial charge is 0.329 e. The fourth-order valence-electron chi connectivity index (χ4n) is 4.30. The van der Waals surface area contributed by atoms with Crippen molar-refractivity contribution in [2.45, 2.75) is 142 Å². The minimum Gasteiger partial charge on any atom is -0.480 e. The summed E-state index contributed by atoms with van der Waals surface area (Å²) in [7, 11) is 0. The lowest BCUT2D eigenvalue weighted by atomic mass is 10.0. The summed E-state index contributed by atoms with van der Waals surface area (Å²) in [5.74, 6) is 0.838. The lowest BCUT2D eigenvalue weighted by molar-refractivity contribution is -0.159. The van der Waals surface area contributed by atoms with E-state index in [2.05, 4.69) is 5.32 Å². The number of aliphatic carboxylic acids is 1. The van der Waals surface area contributed by atoms with Gasteiger partial charge in [-0.25, -0.2) is 9.59 Å². The van der Waals surface area contributed by atoms with E-state index in [1.165, 1.54) is 31.4 Å². The van der Waals surface area contributed by atoms with Gasteiger partial charge in [-0.2, -0.15) is 11.8 Å². The van der Waals surface area contributed by atoms with Crippen molar-refractivity contribution in [3.63, 3.8) is 0 Å². The fourth-order valence-corrected chi connectivity index (χ4v) is 5.32. The molecule has 1 amide bonds. The molecule has 256 valence electrons. The van der Waals surface area contributed by atoms with Crippen LogP contribution < -0.4 is 5.32 Å². The molecule has 0 aromatic heterocycles. The molecule has 0 saturated carbocycles. The third kappa shape index (κ3) is 30.1. The third-order valence-electron chi connectivity index (χ3n) is 6.59. The van der Waals surface area contributed by atoms with Gasteiger partial charge in [-0.1, -0.05) is 38.5 Å². The standard InChI is InChI=1S/C33H59NO9S/c1-27(35)16-11-7-5-9-13-24-44-25-14-10-6-8-12-18-30(37)34-29(32(40)43-33(2,3)4)20-19-28(36)17-15-21-41-22-23-42-26-31(38)39/h29H,5-26H2,1-4H3,(H,34,37)(H,38,39). The predicted octanol–water partition coefficient (Wildman–Crippen LogP) is 6.06. The molecular formula is C33H59NO9S. The average molecular weight is 646 g/mol. The number of thioether (sulfide) groups is 1. The molecule has 0 aromatic carbocycles. The van der Waals surface area contributed by atoms with Crippen molar-refractivity contribution < 1.29 is 43.3 Å². The van der Waals surface area contributed by atoms with Crippen LogP contribution in [0.25, 0.3) is 0 Å². The molecule has 0 bridgehead atoms. The van der Waals surface area contributed by atoms with Gasteiger partial charge in [0.05, 0.1) is 13.2 Å². The Labute approximate surface area is 269 Å². The molecule has 1 unspecified atom stereocenters. The van der Waals surface area contributed by atoms with Crippen molar-refractivity contribution in [1.29, 1.82) is 0 Å². The summed E-state index contributed by atoms with van der Waals surface area (Å²) in [6.07, 6.45) is 13.1. The van der Waals surface area contributed by atoms with E-state index in [4.69, 9.17) is 19.3 Å². The second-order valence-corrected chi connectivity index (χ2v) is 13.5. The number of amides is 1. The molecule has 0 fully saturated rings. The topological polar surface area (TPSA) is 145 Å². The molecule has 0 spiro atoms. The fraction of sp³-hybridized carbons (Fsp3) is 0.848. The molecule has 0 aromatic rings. The summed E-state index contributed by atoms with van der Waals surface area (Å²) in [6.45, 7) is 7.34. The van der Waals surface area contributed by atoms with Crippen LogP contribution in [0.3, 0.4) is 0 Å². The van der Waals surface area contributed by atoms with Gasteiger partial charge in [0.15, 0.2) is 0 Å². The molecule has 10 nitrogen and oxygen atoms in total. The third-order valence-corrected chi connectivity index (χ3v) is 7.74. The second kappa shape index (κ2) is 27.3. The zero-order valence-corrected chi connectivity index (χ0v) is 28.6. The number of esters is 1. The minimum absolute atomic E-state index is 0.0298. The second-order valence-electron chi connectivity index (χ2n) is 12.2. The van der Waals surface area contributed by atoms with E-state index >= 15 is 0 Å². The quantitative estimate of drug-likeness (QED) is 0.0698. The zero-order valence-electron chi connectivity index (χ0n) is 27.8. The maximum absolute atomic E-state index is 12.7. The Bertz CT molecular complexity index is 814. The Morgan fingerprint density at radius 1 is 0.705 bits per heavy atom. The maximum atomic E-state index is 12.7. The number of ketones is 2. The summed E-state index contributed by atoms with van der Waals surface area (Å²) in [6, 6.07) is -0.870. The number of carboxylic acids is 1. The minimum atomic E-state index is -1.04. The van der Waals surface area contributed by atoms with Crippen LogP contribution in [-0.2, 0) is 38.2 Å². The lowest BCUT2D eigenvalue weighted by Gasteiger charge is -2.24. The monoisotopic (exact) mass is 645 g/mol. The first-order valence-electron chi connectivity index (χ1n) is 16.4. The van der Waals surface area contributed by atoms with Crippen LogP contribution >= 0.6 is 11.8 Å². The normalized spacial score (nSPS) is 12.1. The van der Waals surface area contributed by atoms with Crippen LogP contribution in [0.1, 0.15) is 130 Å². The zero-order chi connectivity index (χ0) is 33.1. The molecule has 0 heterocycles. The first-order chi connectivity index (χ1) is 20.9. The SMILES string of the molecule is CC(=O)CCCCCCCSCCCCCCCC(=O)NC(CCC(=O)CCCOCCOCC(=O)O)C(=O)OC(C)(C)C. The maximum Gasteiger partial charge on any atom is 0.329 e. The van der Waals surface area contributed by atoms with Crippen LogP contribution in [-0.4, -0.2) is 84.1 Å². The van der Waals surface area contributed by atoms with Gasteiger partial charge < -0.3 is 29.4 Å². The summed E-state index contributed by atoms with van der Waals surface area (Å²) >= 11 is 2.01. The molecule has 0 aliphatic carbocycles. The van der Waals surface area contributed by atoms with Crippen molar-refractivity contribution in [2.24, 2.45) is 0 Å². The highest BCUT2D eigenvalue weighted by Crippen LogP contribution is 2.15. The number of rotatable bonds is 30. The van der Waals surface area contributed by atoms with E-state index in [-0.39, 0.29) is 56.6 Å². The van der Waals surface area contributed by atoms with Gasteiger partial charge >= 0.3 is 11.9 Å². The van der Waals surface area contributed by atoms with Crippen molar-refractivity contribution in [3.05, 3.63) is 0 Å². The van der Waals surface area contributed by atoms with E-state index in [0.717, 1.165) is 44.3 Å². The predicted molar refractivity (Wildman–Crippen MR) is 174 cm³/mol.